The third-order valence-electron chi connectivity index (χ3n) is 12.1. The standard InChI is InChI=1S/C47H47N7O9S4/c1-46(2)39(53(25-9-27-65(56,57)58)37-21-16-30-11-5-7-13-34(30)41(37)46)23-18-32(36-20-15-33(29-49-36)43(55)50-44-51-52-45(64-44)67(48,62)63)19-24-40-47(3,4)42-35-14-8-6-12-31(35)17-22-38(42)54(40)26-10-28-66(59,60)61/h5-8,11-24,29H,9-10,25-28H2,1-4H3,(H4-,48,50,51,55,56,57,58,59,60,61,62,63). The first-order valence-corrected chi connectivity index (χ1v) is 26.7. The average Bonchev–Trinajstić information content (AvgIpc) is 3.89. The fourth-order valence-electron chi connectivity index (χ4n) is 9.16. The van der Waals surface area contributed by atoms with Gasteiger partial charge in [0, 0.05) is 65.0 Å². The number of nitrogens with zero attached hydrogens (tertiary/aromatic N) is 5. The van der Waals surface area contributed by atoms with E-state index in [1.165, 1.54) is 6.20 Å². The van der Waals surface area contributed by atoms with Gasteiger partial charge in [-0.25, -0.2) is 22.0 Å². The van der Waals surface area contributed by atoms with Gasteiger partial charge in [-0.2, -0.15) is 13.0 Å². The van der Waals surface area contributed by atoms with Crippen molar-refractivity contribution in [2.75, 3.05) is 34.8 Å². The number of hydrogen-bond donors (Lipinski definition) is 3. The number of rotatable bonds is 15. The van der Waals surface area contributed by atoms with Gasteiger partial charge in [0.2, 0.25) is 15.2 Å². The number of nitrogens with one attached hydrogen (secondary N) is 1. The van der Waals surface area contributed by atoms with Gasteiger partial charge in [-0.05, 0) is 83.8 Å². The van der Waals surface area contributed by atoms with Crippen LogP contribution in [0.2, 0.25) is 0 Å². The molecule has 0 spiro atoms. The first-order chi connectivity index (χ1) is 31.5. The van der Waals surface area contributed by atoms with E-state index >= 15 is 0 Å². The Labute approximate surface area is 392 Å². The van der Waals surface area contributed by atoms with Gasteiger partial charge in [-0.3, -0.25) is 19.6 Å². The van der Waals surface area contributed by atoms with Crippen molar-refractivity contribution in [1.82, 2.24) is 15.2 Å². The number of allylic oxidation sites excluding steroid dienone is 6. The predicted molar refractivity (Wildman–Crippen MR) is 260 cm³/mol. The number of carbonyl (C=O) groups is 1. The number of primary sulfonamides is 1. The van der Waals surface area contributed by atoms with Crippen molar-refractivity contribution >= 4 is 96.8 Å². The lowest BCUT2D eigenvalue weighted by Crippen LogP contribution is -2.28. The molecular weight excluding hydrogens is 935 g/mol. The van der Waals surface area contributed by atoms with Gasteiger partial charge in [0.25, 0.3) is 26.0 Å². The summed E-state index contributed by atoms with van der Waals surface area (Å²) in [7, 11) is -12.8. The highest BCUT2D eigenvalue weighted by atomic mass is 32.2. The Morgan fingerprint density at radius 1 is 0.851 bits per heavy atom. The molecule has 0 saturated carbocycles. The van der Waals surface area contributed by atoms with E-state index in [2.05, 4.69) is 60.2 Å². The van der Waals surface area contributed by atoms with Gasteiger partial charge >= 0.3 is 0 Å². The Bertz CT molecular complexity index is 3450. The van der Waals surface area contributed by atoms with Crippen molar-refractivity contribution in [3.8, 4) is 0 Å². The van der Waals surface area contributed by atoms with Crippen LogP contribution in [0.1, 0.15) is 67.7 Å². The zero-order valence-electron chi connectivity index (χ0n) is 36.9. The van der Waals surface area contributed by atoms with Crippen molar-refractivity contribution in [3.63, 3.8) is 0 Å². The molecule has 8 rings (SSSR count). The van der Waals surface area contributed by atoms with Gasteiger partial charge in [0.15, 0.2) is 5.71 Å². The van der Waals surface area contributed by atoms with Crippen LogP contribution in [0.4, 0.5) is 16.5 Å². The SMILES string of the molecule is CC1(C)C(=CC=C(C=CC2=[N+](CCCS(=O)(=O)[O-])c3ccc4ccccc4c3C2(C)C)c2ccc(C(=O)Nc3nnc(S(N)(=O)=O)s3)cn2)N(CCCS(=O)(=O)O)c2ccc3ccccc3c21. The fourth-order valence-corrected chi connectivity index (χ4v) is 11.5. The molecule has 0 unspecified atom stereocenters. The normalized spacial score (nSPS) is 16.7. The Hall–Kier alpha value is -6.00. The van der Waals surface area contributed by atoms with E-state index in [0.29, 0.717) is 22.6 Å². The van der Waals surface area contributed by atoms with Crippen molar-refractivity contribution in [3.05, 3.63) is 144 Å². The van der Waals surface area contributed by atoms with Crippen LogP contribution in [-0.4, -0.2) is 90.3 Å². The molecule has 67 heavy (non-hydrogen) atoms. The Morgan fingerprint density at radius 3 is 2.15 bits per heavy atom. The first-order valence-electron chi connectivity index (χ1n) is 21.1. The summed E-state index contributed by atoms with van der Waals surface area (Å²) in [5, 5.41) is 19.0. The maximum Gasteiger partial charge on any atom is 0.267 e. The molecule has 2 aliphatic rings. The van der Waals surface area contributed by atoms with Crippen LogP contribution < -0.4 is 15.4 Å². The van der Waals surface area contributed by atoms with Crippen LogP contribution in [0.3, 0.4) is 0 Å². The summed E-state index contributed by atoms with van der Waals surface area (Å²) in [4.78, 5) is 20.1. The van der Waals surface area contributed by atoms with E-state index in [4.69, 9.17) is 10.1 Å². The summed E-state index contributed by atoms with van der Waals surface area (Å²) in [6, 6.07) is 27.4. The molecule has 0 bridgehead atoms. The minimum atomic E-state index is -4.48. The molecule has 348 valence electrons. The number of sulfonamides is 1. The maximum absolute atomic E-state index is 13.3. The first kappa shape index (κ1) is 47.5. The smallest absolute Gasteiger partial charge is 0.267 e. The molecule has 1 amide bonds. The number of hydrogen-bond acceptors (Lipinski definition) is 13. The molecule has 20 heteroatoms. The second kappa shape index (κ2) is 17.9. The van der Waals surface area contributed by atoms with E-state index < -0.39 is 62.8 Å². The second-order valence-electron chi connectivity index (χ2n) is 17.4. The molecule has 4 N–H and O–H groups in total. The molecular formula is C47H47N7O9S4. The molecule has 0 aliphatic carbocycles. The van der Waals surface area contributed by atoms with E-state index in [-0.39, 0.29) is 36.6 Å². The largest absolute Gasteiger partial charge is 0.748 e. The van der Waals surface area contributed by atoms with E-state index in [1.54, 1.807) is 12.1 Å². The highest BCUT2D eigenvalue weighted by Gasteiger charge is 2.46. The number of fused-ring (bicyclic) bond motifs is 6. The maximum atomic E-state index is 13.3. The lowest BCUT2D eigenvalue weighted by atomic mass is 9.79. The molecule has 6 aromatic rings. The number of pyridine rings is 1. The lowest BCUT2D eigenvalue weighted by Gasteiger charge is -2.27. The molecule has 0 saturated heterocycles. The van der Waals surface area contributed by atoms with Crippen LogP contribution in [0.5, 0.6) is 0 Å². The Morgan fingerprint density at radius 2 is 1.52 bits per heavy atom. The minimum absolute atomic E-state index is 0.0790. The molecule has 4 aromatic carbocycles. The third-order valence-corrected chi connectivity index (χ3v) is 15.8. The predicted octanol–water partition coefficient (Wildman–Crippen LogP) is 7.05. The van der Waals surface area contributed by atoms with Crippen LogP contribution in [0.15, 0.2) is 125 Å². The molecule has 0 fully saturated rings. The highest BCUT2D eigenvalue weighted by Crippen LogP contribution is 2.51. The number of carbonyl (C=O) groups excluding carboxylic acids is 1. The zero-order chi connectivity index (χ0) is 48.1. The summed E-state index contributed by atoms with van der Waals surface area (Å²) in [5.41, 5.74) is 5.54. The van der Waals surface area contributed by atoms with Crippen molar-refractivity contribution in [2.45, 2.75) is 55.7 Å². The summed E-state index contributed by atoms with van der Waals surface area (Å²) >= 11 is 0.602. The van der Waals surface area contributed by atoms with E-state index in [1.807, 2.05) is 89.5 Å². The highest BCUT2D eigenvalue weighted by molar-refractivity contribution is 7.91. The van der Waals surface area contributed by atoms with Gasteiger partial charge in [0.05, 0.1) is 32.5 Å². The van der Waals surface area contributed by atoms with Crippen LogP contribution >= 0.6 is 11.3 Å². The van der Waals surface area contributed by atoms with Crippen LogP contribution in [-0.2, 0) is 41.1 Å². The topological polar surface area (TPSA) is 246 Å². The summed E-state index contributed by atoms with van der Waals surface area (Å²) in [5.74, 6) is -1.59. The van der Waals surface area contributed by atoms with E-state index in [9.17, 15) is 39.2 Å². The number of amides is 1. The molecule has 0 radical (unpaired) electrons. The van der Waals surface area contributed by atoms with Gasteiger partial charge in [0.1, 0.15) is 6.54 Å². The summed E-state index contributed by atoms with van der Waals surface area (Å²) < 4.78 is 93.8. The number of aromatic nitrogens is 3. The molecule has 4 heterocycles. The number of benzene rings is 4. The lowest BCUT2D eigenvalue weighted by molar-refractivity contribution is -0.437. The minimum Gasteiger partial charge on any atom is -0.748 e. The van der Waals surface area contributed by atoms with Gasteiger partial charge < -0.3 is 9.45 Å². The van der Waals surface area contributed by atoms with Crippen LogP contribution in [0, 0.1) is 0 Å². The van der Waals surface area contributed by atoms with Gasteiger partial charge in [-0.15, -0.1) is 10.2 Å². The number of nitrogens with two attached hydrogens (primary N) is 1. The van der Waals surface area contributed by atoms with Crippen molar-refractivity contribution in [2.24, 2.45) is 5.14 Å². The van der Waals surface area contributed by atoms with Gasteiger partial charge in [-0.1, -0.05) is 85.9 Å². The molecule has 2 aromatic heterocycles. The van der Waals surface area contributed by atoms with E-state index in [0.717, 1.165) is 55.5 Å². The summed E-state index contributed by atoms with van der Waals surface area (Å²) in [6.07, 6.45) is 9.31. The van der Waals surface area contributed by atoms with Crippen molar-refractivity contribution < 1.29 is 43.7 Å². The monoisotopic (exact) mass is 981 g/mol. The fraction of sp³-hybridized carbons (Fsp3) is 0.255. The third kappa shape index (κ3) is 9.87. The average molecular weight is 982 g/mol. The van der Waals surface area contributed by atoms with Crippen LogP contribution in [0.25, 0.3) is 27.1 Å². The van der Waals surface area contributed by atoms with Crippen molar-refractivity contribution in [1.29, 1.82) is 0 Å². The second-order valence-corrected chi connectivity index (χ2v) is 23.2. The number of anilines is 2. The molecule has 2 aliphatic heterocycles. The Balaban J connectivity index is 1.25. The zero-order valence-corrected chi connectivity index (χ0v) is 40.1. The Kier molecular flexibility index (Phi) is 12.7. The molecule has 16 nitrogen and oxygen atoms in total. The quantitative estimate of drug-likeness (QED) is 0.0405. The summed E-state index contributed by atoms with van der Waals surface area (Å²) in [6.45, 7) is 8.91. The molecule has 0 atom stereocenters.